The van der Waals surface area contributed by atoms with Gasteiger partial charge in [0.1, 0.15) is 5.25 Å². The summed E-state index contributed by atoms with van der Waals surface area (Å²) in [6.45, 7) is 5.00. The van der Waals surface area contributed by atoms with E-state index >= 15 is 0 Å². The van der Waals surface area contributed by atoms with Crippen molar-refractivity contribution < 1.29 is 13.2 Å². The van der Waals surface area contributed by atoms with Gasteiger partial charge in [0.25, 0.3) is 0 Å². The molecular formula is C10H20N2O3S2. The molecule has 0 amide bonds. The van der Waals surface area contributed by atoms with Crippen LogP contribution in [0.25, 0.3) is 0 Å². The van der Waals surface area contributed by atoms with Crippen LogP contribution in [0, 0.1) is 0 Å². The smallest absolute Gasteiger partial charge is 0.223 e. The van der Waals surface area contributed by atoms with Crippen molar-refractivity contribution in [1.82, 2.24) is 4.31 Å². The average Bonchev–Trinajstić information content (AvgIpc) is 2.29. The Kier molecular flexibility index (Phi) is 5.30. The summed E-state index contributed by atoms with van der Waals surface area (Å²) in [4.78, 5) is 0.0499. The maximum Gasteiger partial charge on any atom is 0.223 e. The lowest BCUT2D eigenvalue weighted by molar-refractivity contribution is 0.0312. The quantitative estimate of drug-likeness (QED) is 0.742. The summed E-state index contributed by atoms with van der Waals surface area (Å²) in [6.07, 6.45) is 1.14. The zero-order chi connectivity index (χ0) is 13.1. The monoisotopic (exact) mass is 280 g/mol. The Morgan fingerprint density at radius 3 is 2.71 bits per heavy atom. The van der Waals surface area contributed by atoms with E-state index in [1.807, 2.05) is 6.92 Å². The Hall–Kier alpha value is -0.240. The van der Waals surface area contributed by atoms with Crippen molar-refractivity contribution in [2.24, 2.45) is 5.73 Å². The minimum Gasteiger partial charge on any atom is -0.392 e. The third-order valence-electron chi connectivity index (χ3n) is 3.02. The van der Waals surface area contributed by atoms with Gasteiger partial charge in [-0.3, -0.25) is 0 Å². The molecule has 1 fully saturated rings. The van der Waals surface area contributed by atoms with E-state index < -0.39 is 15.3 Å². The molecule has 0 aliphatic carbocycles. The molecular weight excluding hydrogens is 260 g/mol. The number of hydrogen-bond donors (Lipinski definition) is 1. The Balaban J connectivity index is 2.98. The number of morpholine rings is 1. The molecule has 0 radical (unpaired) electrons. The normalized spacial score (nSPS) is 24.5. The van der Waals surface area contributed by atoms with Crippen molar-refractivity contribution in [3.8, 4) is 0 Å². The number of thiocarbonyl (C=S) groups is 1. The predicted octanol–water partition coefficient (Wildman–Crippen LogP) is 0.492. The highest BCUT2D eigenvalue weighted by Crippen LogP contribution is 2.20. The molecule has 0 bridgehead atoms. The third-order valence-corrected chi connectivity index (χ3v) is 5.89. The highest BCUT2D eigenvalue weighted by molar-refractivity contribution is 7.92. The van der Waals surface area contributed by atoms with Gasteiger partial charge in [-0.05, 0) is 12.8 Å². The second-order valence-electron chi connectivity index (χ2n) is 4.09. The van der Waals surface area contributed by atoms with Crippen molar-refractivity contribution in [2.45, 2.75) is 38.0 Å². The number of nitrogens with two attached hydrogens (primary N) is 1. The second-order valence-corrected chi connectivity index (χ2v) is 6.63. The van der Waals surface area contributed by atoms with Crippen molar-refractivity contribution >= 4 is 27.2 Å². The summed E-state index contributed by atoms with van der Waals surface area (Å²) >= 11 is 4.85. The maximum absolute atomic E-state index is 12.4. The van der Waals surface area contributed by atoms with E-state index in [9.17, 15) is 8.42 Å². The molecule has 0 aromatic heterocycles. The first-order valence-electron chi connectivity index (χ1n) is 5.82. The molecule has 1 rings (SSSR count). The number of ether oxygens (including phenoxy) is 1. The van der Waals surface area contributed by atoms with E-state index in [-0.39, 0.29) is 11.0 Å². The van der Waals surface area contributed by atoms with Gasteiger partial charge in [-0.2, -0.15) is 4.31 Å². The molecule has 2 unspecified atom stereocenters. The minimum atomic E-state index is -3.45. The van der Waals surface area contributed by atoms with E-state index in [0.29, 0.717) is 26.2 Å². The number of sulfonamides is 1. The molecule has 1 aliphatic heterocycles. The Morgan fingerprint density at radius 2 is 2.24 bits per heavy atom. The van der Waals surface area contributed by atoms with Gasteiger partial charge in [-0.15, -0.1) is 0 Å². The standard InChI is InChI=1S/C10H20N2O3S2/c1-3-8-7-15-6-5-12(8)17(13,14)9(4-2)10(11)16/h8-9H,3-7H2,1-2H3,(H2,11,16). The molecule has 2 N–H and O–H groups in total. The third kappa shape index (κ3) is 3.15. The van der Waals surface area contributed by atoms with Gasteiger partial charge in [-0.1, -0.05) is 26.1 Å². The van der Waals surface area contributed by atoms with Gasteiger partial charge >= 0.3 is 0 Å². The lowest BCUT2D eigenvalue weighted by Gasteiger charge is -2.36. The highest BCUT2D eigenvalue weighted by Gasteiger charge is 2.38. The Morgan fingerprint density at radius 1 is 1.59 bits per heavy atom. The summed E-state index contributed by atoms with van der Waals surface area (Å²) in [7, 11) is -3.45. The molecule has 0 aromatic rings. The lowest BCUT2D eigenvalue weighted by atomic mass is 10.2. The summed E-state index contributed by atoms with van der Waals surface area (Å²) in [5.41, 5.74) is 5.52. The van der Waals surface area contributed by atoms with E-state index in [2.05, 4.69) is 0 Å². The van der Waals surface area contributed by atoms with Crippen LogP contribution in [0.3, 0.4) is 0 Å². The molecule has 0 aromatic carbocycles. The van der Waals surface area contributed by atoms with Crippen LogP contribution in [0.5, 0.6) is 0 Å². The van der Waals surface area contributed by atoms with Crippen LogP contribution in [0.4, 0.5) is 0 Å². The zero-order valence-corrected chi connectivity index (χ0v) is 11.9. The predicted molar refractivity (Wildman–Crippen MR) is 71.4 cm³/mol. The average molecular weight is 280 g/mol. The van der Waals surface area contributed by atoms with Crippen LogP contribution in [0.2, 0.25) is 0 Å². The summed E-state index contributed by atoms with van der Waals surface area (Å²) in [6, 6.07) is -0.0999. The van der Waals surface area contributed by atoms with Gasteiger partial charge < -0.3 is 10.5 Å². The molecule has 1 heterocycles. The highest BCUT2D eigenvalue weighted by atomic mass is 32.2. The van der Waals surface area contributed by atoms with Gasteiger partial charge in [0.2, 0.25) is 10.0 Å². The molecule has 1 saturated heterocycles. The van der Waals surface area contributed by atoms with Crippen molar-refractivity contribution in [2.75, 3.05) is 19.8 Å². The van der Waals surface area contributed by atoms with Gasteiger partial charge in [0.15, 0.2) is 0 Å². The second kappa shape index (κ2) is 6.08. The number of nitrogens with zero attached hydrogens (tertiary/aromatic N) is 1. The van der Waals surface area contributed by atoms with Crippen LogP contribution < -0.4 is 5.73 Å². The molecule has 100 valence electrons. The first kappa shape index (κ1) is 14.8. The minimum absolute atomic E-state index is 0.0499. The van der Waals surface area contributed by atoms with Crippen molar-refractivity contribution in [1.29, 1.82) is 0 Å². The fourth-order valence-corrected chi connectivity index (χ4v) is 4.55. The first-order valence-corrected chi connectivity index (χ1v) is 7.74. The van der Waals surface area contributed by atoms with E-state index in [4.69, 9.17) is 22.7 Å². The van der Waals surface area contributed by atoms with E-state index in [1.54, 1.807) is 6.92 Å². The molecule has 17 heavy (non-hydrogen) atoms. The molecule has 5 nitrogen and oxygen atoms in total. The Bertz CT molecular complexity index is 370. The SMILES string of the molecule is CCC1COCCN1S(=O)(=O)C(CC)C(N)=S. The zero-order valence-electron chi connectivity index (χ0n) is 10.3. The number of hydrogen-bond acceptors (Lipinski definition) is 4. The van der Waals surface area contributed by atoms with Crippen LogP contribution in [-0.2, 0) is 14.8 Å². The summed E-state index contributed by atoms with van der Waals surface area (Å²) in [5.74, 6) is 0. The number of rotatable bonds is 5. The summed E-state index contributed by atoms with van der Waals surface area (Å²) < 4.78 is 31.7. The fraction of sp³-hybridized carbons (Fsp3) is 0.900. The molecule has 0 saturated carbocycles. The van der Waals surface area contributed by atoms with Gasteiger partial charge in [0.05, 0.1) is 18.2 Å². The molecule has 1 aliphatic rings. The van der Waals surface area contributed by atoms with E-state index in [0.717, 1.165) is 6.42 Å². The van der Waals surface area contributed by atoms with Gasteiger partial charge in [0, 0.05) is 12.6 Å². The Labute approximate surface area is 108 Å². The van der Waals surface area contributed by atoms with Crippen LogP contribution >= 0.6 is 12.2 Å². The first-order chi connectivity index (χ1) is 7.95. The fourth-order valence-electron chi connectivity index (χ4n) is 2.02. The topological polar surface area (TPSA) is 72.6 Å². The van der Waals surface area contributed by atoms with Crippen LogP contribution in [-0.4, -0.2) is 48.8 Å². The van der Waals surface area contributed by atoms with Crippen molar-refractivity contribution in [3.63, 3.8) is 0 Å². The van der Waals surface area contributed by atoms with Gasteiger partial charge in [-0.25, -0.2) is 8.42 Å². The summed E-state index contributed by atoms with van der Waals surface area (Å²) in [5, 5.41) is -0.760. The largest absolute Gasteiger partial charge is 0.392 e. The lowest BCUT2D eigenvalue weighted by Crippen LogP contribution is -2.53. The molecule has 0 spiro atoms. The molecule has 2 atom stereocenters. The van der Waals surface area contributed by atoms with Crippen molar-refractivity contribution in [3.05, 3.63) is 0 Å². The molecule has 7 heteroatoms. The maximum atomic E-state index is 12.4. The van der Waals surface area contributed by atoms with E-state index in [1.165, 1.54) is 4.31 Å². The van der Waals surface area contributed by atoms with Crippen LogP contribution in [0.15, 0.2) is 0 Å². The van der Waals surface area contributed by atoms with Crippen LogP contribution in [0.1, 0.15) is 26.7 Å².